The summed E-state index contributed by atoms with van der Waals surface area (Å²) in [5.41, 5.74) is -0.826. The van der Waals surface area contributed by atoms with E-state index in [1.807, 2.05) is 18.9 Å². The van der Waals surface area contributed by atoms with Gasteiger partial charge in [-0.2, -0.15) is 0 Å². The normalized spacial score (nSPS) is 17.7. The second-order valence-electron chi connectivity index (χ2n) is 11.6. The molecule has 0 amide bonds. The zero-order chi connectivity index (χ0) is 26.9. The van der Waals surface area contributed by atoms with Gasteiger partial charge in [0.15, 0.2) is 0 Å². The predicted octanol–water partition coefficient (Wildman–Crippen LogP) is 8.14. The van der Waals surface area contributed by atoms with Crippen LogP contribution >= 0.6 is 0 Å². The first-order valence-electron chi connectivity index (χ1n) is 15.2. The molecule has 0 aromatic heterocycles. The molecule has 0 unspecified atom stereocenters. The Balaban J connectivity index is 2.18. The molecule has 36 heavy (non-hydrogen) atoms. The highest BCUT2D eigenvalue weighted by molar-refractivity contribution is 5.69. The maximum atomic E-state index is 12.5. The van der Waals surface area contributed by atoms with Crippen molar-refractivity contribution in [2.45, 2.75) is 168 Å². The SMILES string of the molecule is CCCCCCCCCCCCCCCCCC(=O)ON1CC(C)(C)N(OC(C)=O)C(CC)(CC)C1. The Morgan fingerprint density at radius 1 is 0.667 bits per heavy atom. The van der Waals surface area contributed by atoms with Crippen molar-refractivity contribution >= 4 is 11.9 Å². The van der Waals surface area contributed by atoms with Gasteiger partial charge in [-0.1, -0.05) is 111 Å². The molecule has 6 heteroatoms. The van der Waals surface area contributed by atoms with Crippen LogP contribution in [0.5, 0.6) is 0 Å². The van der Waals surface area contributed by atoms with Crippen LogP contribution in [0.1, 0.15) is 157 Å². The summed E-state index contributed by atoms with van der Waals surface area (Å²) in [6.07, 6.45) is 21.8. The van der Waals surface area contributed by atoms with Gasteiger partial charge < -0.3 is 9.68 Å². The van der Waals surface area contributed by atoms with Crippen LogP contribution in [-0.4, -0.2) is 46.2 Å². The van der Waals surface area contributed by atoms with E-state index in [0.29, 0.717) is 19.5 Å². The van der Waals surface area contributed by atoms with Crippen LogP contribution in [0, 0.1) is 0 Å². The van der Waals surface area contributed by atoms with Crippen LogP contribution in [-0.2, 0) is 19.3 Å². The van der Waals surface area contributed by atoms with Crippen molar-refractivity contribution in [2.75, 3.05) is 13.1 Å². The highest BCUT2D eigenvalue weighted by Gasteiger charge is 2.51. The molecule has 0 saturated carbocycles. The number of hydrogen-bond acceptors (Lipinski definition) is 6. The van der Waals surface area contributed by atoms with Crippen molar-refractivity contribution < 1.29 is 19.3 Å². The molecule has 1 rings (SSSR count). The zero-order valence-corrected chi connectivity index (χ0v) is 24.7. The first-order valence-corrected chi connectivity index (χ1v) is 15.2. The van der Waals surface area contributed by atoms with Crippen LogP contribution in [0.2, 0.25) is 0 Å². The average Bonchev–Trinajstić information content (AvgIpc) is 2.82. The highest BCUT2D eigenvalue weighted by atomic mass is 16.7. The van der Waals surface area contributed by atoms with Gasteiger partial charge in [-0.15, -0.1) is 10.1 Å². The van der Waals surface area contributed by atoms with Crippen molar-refractivity contribution in [3.8, 4) is 0 Å². The molecule has 6 nitrogen and oxygen atoms in total. The average molecular weight is 511 g/mol. The van der Waals surface area contributed by atoms with Crippen LogP contribution in [0.25, 0.3) is 0 Å². The molecule has 1 saturated heterocycles. The van der Waals surface area contributed by atoms with Gasteiger partial charge in [-0.05, 0) is 33.1 Å². The summed E-state index contributed by atoms with van der Waals surface area (Å²) in [6, 6.07) is 0. The Morgan fingerprint density at radius 3 is 1.53 bits per heavy atom. The van der Waals surface area contributed by atoms with Gasteiger partial charge >= 0.3 is 11.9 Å². The Morgan fingerprint density at radius 2 is 1.11 bits per heavy atom. The summed E-state index contributed by atoms with van der Waals surface area (Å²) in [5.74, 6) is -0.463. The van der Waals surface area contributed by atoms with Gasteiger partial charge in [0.25, 0.3) is 0 Å². The van der Waals surface area contributed by atoms with Crippen LogP contribution in [0.4, 0.5) is 0 Å². The van der Waals surface area contributed by atoms with E-state index < -0.39 is 5.54 Å². The zero-order valence-electron chi connectivity index (χ0n) is 24.7. The number of unbranched alkanes of at least 4 members (excludes halogenated alkanes) is 14. The number of carbonyl (C=O) groups excluding carboxylic acids is 2. The summed E-state index contributed by atoms with van der Waals surface area (Å²) in [6.45, 7) is 13.0. The predicted molar refractivity (Wildman–Crippen MR) is 148 cm³/mol. The lowest BCUT2D eigenvalue weighted by molar-refractivity contribution is -0.314. The smallest absolute Gasteiger partial charge is 0.325 e. The second-order valence-corrected chi connectivity index (χ2v) is 11.6. The molecule has 212 valence electrons. The van der Waals surface area contributed by atoms with Crippen molar-refractivity contribution in [3.63, 3.8) is 0 Å². The topological polar surface area (TPSA) is 59.1 Å². The second kappa shape index (κ2) is 18.2. The molecule has 0 atom stereocenters. The van der Waals surface area contributed by atoms with Gasteiger partial charge in [-0.3, -0.25) is 9.59 Å². The molecular weight excluding hydrogens is 452 g/mol. The molecule has 0 aromatic rings. The van der Waals surface area contributed by atoms with E-state index in [-0.39, 0.29) is 17.5 Å². The van der Waals surface area contributed by atoms with E-state index in [9.17, 15) is 9.59 Å². The lowest BCUT2D eigenvalue weighted by atomic mass is 9.84. The minimum absolute atomic E-state index is 0.150. The van der Waals surface area contributed by atoms with Gasteiger partial charge in [0.05, 0.1) is 24.2 Å². The Labute approximate surface area is 222 Å². The third kappa shape index (κ3) is 12.4. The monoisotopic (exact) mass is 510 g/mol. The van der Waals surface area contributed by atoms with Crippen molar-refractivity contribution in [1.82, 2.24) is 10.1 Å². The minimum Gasteiger partial charge on any atom is -0.368 e. The Bertz CT molecular complexity index is 604. The van der Waals surface area contributed by atoms with Gasteiger partial charge in [0.1, 0.15) is 0 Å². The van der Waals surface area contributed by atoms with E-state index in [1.165, 1.54) is 90.4 Å². The maximum absolute atomic E-state index is 12.5. The van der Waals surface area contributed by atoms with E-state index in [4.69, 9.17) is 9.68 Å². The first-order chi connectivity index (χ1) is 17.2. The number of nitrogens with zero attached hydrogens (tertiary/aromatic N) is 2. The summed E-state index contributed by atoms with van der Waals surface area (Å²) in [7, 11) is 0. The van der Waals surface area contributed by atoms with Crippen molar-refractivity contribution in [1.29, 1.82) is 0 Å². The molecule has 1 fully saturated rings. The number of hydrogen-bond donors (Lipinski definition) is 0. The first kappa shape index (κ1) is 32.9. The largest absolute Gasteiger partial charge is 0.368 e. The Kier molecular flexibility index (Phi) is 16.6. The molecule has 0 bridgehead atoms. The summed E-state index contributed by atoms with van der Waals surface area (Å²) >= 11 is 0. The number of carbonyl (C=O) groups is 2. The molecule has 0 spiro atoms. The number of rotatable bonds is 20. The molecule has 0 aromatic carbocycles. The molecule has 0 N–H and O–H groups in total. The summed E-state index contributed by atoms with van der Waals surface area (Å²) < 4.78 is 0. The van der Waals surface area contributed by atoms with Crippen molar-refractivity contribution in [2.24, 2.45) is 0 Å². The van der Waals surface area contributed by atoms with Crippen LogP contribution in [0.15, 0.2) is 0 Å². The van der Waals surface area contributed by atoms with E-state index in [0.717, 1.165) is 25.7 Å². The van der Waals surface area contributed by atoms with Gasteiger partial charge in [0, 0.05) is 13.3 Å². The van der Waals surface area contributed by atoms with Crippen LogP contribution in [0.3, 0.4) is 0 Å². The molecule has 0 radical (unpaired) electrons. The fourth-order valence-corrected chi connectivity index (χ4v) is 5.59. The minimum atomic E-state index is -0.454. The van der Waals surface area contributed by atoms with E-state index in [2.05, 4.69) is 20.8 Å². The standard InChI is InChI=1S/C30H58N2O4/c1-7-10-11-12-13-14-15-16-17-18-19-20-21-22-23-24-28(34)36-31-25-29(5,6)32(35-27(4)33)30(8-2,9-3)26-31/h7-26H2,1-6H3. The molecular formula is C30H58N2O4. The number of piperazine rings is 1. The van der Waals surface area contributed by atoms with Crippen LogP contribution < -0.4 is 0 Å². The Hall–Kier alpha value is -1.14. The fourth-order valence-electron chi connectivity index (χ4n) is 5.59. The van der Waals surface area contributed by atoms with Crippen molar-refractivity contribution in [3.05, 3.63) is 0 Å². The van der Waals surface area contributed by atoms with E-state index in [1.54, 1.807) is 5.06 Å². The fraction of sp³-hybridized carbons (Fsp3) is 0.933. The molecule has 1 heterocycles. The third-order valence-electron chi connectivity index (χ3n) is 7.77. The molecule has 1 aliphatic heterocycles. The molecule has 1 aliphatic rings. The number of hydroxylamine groups is 4. The quantitative estimate of drug-likeness (QED) is 0.154. The summed E-state index contributed by atoms with van der Waals surface area (Å²) in [4.78, 5) is 35.7. The summed E-state index contributed by atoms with van der Waals surface area (Å²) in [5, 5.41) is 3.64. The van der Waals surface area contributed by atoms with Gasteiger partial charge in [0.2, 0.25) is 0 Å². The van der Waals surface area contributed by atoms with Gasteiger partial charge in [-0.25, -0.2) is 0 Å². The molecule has 0 aliphatic carbocycles. The third-order valence-corrected chi connectivity index (χ3v) is 7.77. The highest BCUT2D eigenvalue weighted by Crippen LogP contribution is 2.37. The van der Waals surface area contributed by atoms with E-state index >= 15 is 0 Å². The lowest BCUT2D eigenvalue weighted by Crippen LogP contribution is -2.70. The maximum Gasteiger partial charge on any atom is 0.325 e. The lowest BCUT2D eigenvalue weighted by Gasteiger charge is -2.55.